The molecule has 0 aromatic heterocycles. The summed E-state index contributed by atoms with van der Waals surface area (Å²) in [6.45, 7) is 9.36. The summed E-state index contributed by atoms with van der Waals surface area (Å²) >= 11 is 0. The molecular weight excluding hydrogens is 260 g/mol. The van der Waals surface area contributed by atoms with Crippen LogP contribution in [0.4, 0.5) is 4.79 Å². The normalized spacial score (nSPS) is 38.0. The standard InChI is InChI=1S/C14H22N2O4/c1-13(2,3)20-12(17)16-8-6-7-15-11(16)10-9(8)18-14(4,5)19-10/h7-11H,6H2,1-5H3/t8-,9+,10?,11?/m0/s1. The minimum absolute atomic E-state index is 0.0564. The van der Waals surface area contributed by atoms with E-state index in [2.05, 4.69) is 4.99 Å². The molecule has 0 aliphatic carbocycles. The van der Waals surface area contributed by atoms with Crippen molar-refractivity contribution in [1.29, 1.82) is 0 Å². The van der Waals surface area contributed by atoms with Crippen molar-refractivity contribution in [2.75, 3.05) is 0 Å². The second-order valence-corrected chi connectivity index (χ2v) is 7.00. The lowest BCUT2D eigenvalue weighted by molar-refractivity contribution is -0.166. The van der Waals surface area contributed by atoms with Gasteiger partial charge in [0.05, 0.1) is 6.04 Å². The molecule has 4 atom stereocenters. The molecule has 3 aliphatic heterocycles. The predicted octanol–water partition coefficient (Wildman–Crippen LogP) is 1.93. The van der Waals surface area contributed by atoms with Gasteiger partial charge in [-0.25, -0.2) is 4.79 Å². The van der Waals surface area contributed by atoms with Gasteiger partial charge in [0, 0.05) is 12.6 Å². The molecule has 2 fully saturated rings. The first-order valence-electron chi connectivity index (χ1n) is 7.06. The van der Waals surface area contributed by atoms with Crippen LogP contribution in [0.1, 0.15) is 41.0 Å². The van der Waals surface area contributed by atoms with Gasteiger partial charge in [0.25, 0.3) is 0 Å². The Hall–Kier alpha value is -1.14. The van der Waals surface area contributed by atoms with Gasteiger partial charge in [-0.3, -0.25) is 9.89 Å². The third-order valence-corrected chi connectivity index (χ3v) is 3.69. The van der Waals surface area contributed by atoms with E-state index in [1.807, 2.05) is 40.8 Å². The number of hydrogen-bond donors (Lipinski definition) is 0. The van der Waals surface area contributed by atoms with Crippen LogP contribution in [0.15, 0.2) is 4.99 Å². The molecule has 3 aliphatic rings. The highest BCUT2D eigenvalue weighted by Crippen LogP contribution is 2.43. The minimum atomic E-state index is -0.612. The lowest BCUT2D eigenvalue weighted by Gasteiger charge is -2.35. The van der Waals surface area contributed by atoms with Crippen LogP contribution in [0.25, 0.3) is 0 Å². The van der Waals surface area contributed by atoms with Crippen LogP contribution in [0.5, 0.6) is 0 Å². The van der Waals surface area contributed by atoms with E-state index in [9.17, 15) is 4.79 Å². The molecule has 0 aromatic carbocycles. The van der Waals surface area contributed by atoms with Crippen molar-refractivity contribution in [3.05, 3.63) is 0 Å². The zero-order chi connectivity index (χ0) is 14.7. The molecule has 6 heteroatoms. The Kier molecular flexibility index (Phi) is 2.89. The maximum atomic E-state index is 12.4. The summed E-state index contributed by atoms with van der Waals surface area (Å²) in [6, 6.07) is -0.0564. The fourth-order valence-corrected chi connectivity index (χ4v) is 3.10. The van der Waals surface area contributed by atoms with Crippen molar-refractivity contribution in [2.45, 2.75) is 76.8 Å². The molecule has 20 heavy (non-hydrogen) atoms. The van der Waals surface area contributed by atoms with E-state index in [0.717, 1.165) is 0 Å². The summed E-state index contributed by atoms with van der Waals surface area (Å²) in [6.07, 6.45) is 1.51. The van der Waals surface area contributed by atoms with E-state index in [4.69, 9.17) is 14.2 Å². The molecule has 1 amide bonds. The maximum Gasteiger partial charge on any atom is 0.412 e. The van der Waals surface area contributed by atoms with Gasteiger partial charge in [0.2, 0.25) is 0 Å². The molecule has 3 rings (SSSR count). The van der Waals surface area contributed by atoms with E-state index in [0.29, 0.717) is 6.42 Å². The average Bonchev–Trinajstić information content (AvgIpc) is 2.68. The van der Waals surface area contributed by atoms with Crippen molar-refractivity contribution in [3.63, 3.8) is 0 Å². The predicted molar refractivity (Wildman–Crippen MR) is 72.6 cm³/mol. The number of aliphatic imine (C=N–C) groups is 1. The molecule has 0 spiro atoms. The summed E-state index contributed by atoms with van der Waals surface area (Å²) in [7, 11) is 0. The van der Waals surface area contributed by atoms with Crippen LogP contribution in [0.2, 0.25) is 0 Å². The Bertz CT molecular complexity index is 455. The van der Waals surface area contributed by atoms with E-state index in [1.54, 1.807) is 4.90 Å². The van der Waals surface area contributed by atoms with Crippen molar-refractivity contribution < 1.29 is 19.0 Å². The molecule has 2 bridgehead atoms. The van der Waals surface area contributed by atoms with Gasteiger partial charge >= 0.3 is 6.09 Å². The van der Waals surface area contributed by atoms with Crippen LogP contribution in [-0.2, 0) is 14.2 Å². The Balaban J connectivity index is 1.83. The van der Waals surface area contributed by atoms with Crippen molar-refractivity contribution in [2.24, 2.45) is 4.99 Å². The molecular formula is C14H22N2O4. The van der Waals surface area contributed by atoms with Gasteiger partial charge in [-0.15, -0.1) is 0 Å². The lowest BCUT2D eigenvalue weighted by Crippen LogP contribution is -2.49. The molecule has 0 radical (unpaired) electrons. The zero-order valence-corrected chi connectivity index (χ0v) is 12.6. The largest absolute Gasteiger partial charge is 0.444 e. The van der Waals surface area contributed by atoms with Crippen LogP contribution in [-0.4, -0.2) is 53.0 Å². The first kappa shape index (κ1) is 13.8. The van der Waals surface area contributed by atoms with E-state index in [1.165, 1.54) is 0 Å². The highest BCUT2D eigenvalue weighted by atomic mass is 16.8. The van der Waals surface area contributed by atoms with Gasteiger partial charge in [0.15, 0.2) is 12.0 Å². The number of ether oxygens (including phenoxy) is 3. The topological polar surface area (TPSA) is 60.4 Å². The second kappa shape index (κ2) is 4.18. The van der Waals surface area contributed by atoms with Crippen molar-refractivity contribution in [3.8, 4) is 0 Å². The van der Waals surface area contributed by atoms with E-state index >= 15 is 0 Å². The number of nitrogens with zero attached hydrogens (tertiary/aromatic N) is 2. The molecule has 0 N–H and O–H groups in total. The molecule has 2 saturated heterocycles. The van der Waals surface area contributed by atoms with Gasteiger partial charge in [0.1, 0.15) is 17.8 Å². The fraction of sp³-hybridized carbons (Fsp3) is 0.857. The Morgan fingerprint density at radius 2 is 2.00 bits per heavy atom. The third-order valence-electron chi connectivity index (χ3n) is 3.69. The summed E-state index contributed by atoms with van der Waals surface area (Å²) in [5, 5.41) is 0. The molecule has 0 saturated carbocycles. The maximum absolute atomic E-state index is 12.4. The Morgan fingerprint density at radius 1 is 1.35 bits per heavy atom. The number of amides is 1. The Labute approximate surface area is 119 Å². The van der Waals surface area contributed by atoms with Crippen LogP contribution < -0.4 is 0 Å². The van der Waals surface area contributed by atoms with E-state index < -0.39 is 11.4 Å². The highest BCUT2D eigenvalue weighted by molar-refractivity contribution is 5.73. The molecule has 6 nitrogen and oxygen atoms in total. The van der Waals surface area contributed by atoms with Crippen LogP contribution in [0, 0.1) is 0 Å². The SMILES string of the molecule is CC(C)(C)OC(=O)N1C2N=CC[C@H]1[C@H]1OC(C)(C)OC21. The van der Waals surface area contributed by atoms with Gasteiger partial charge < -0.3 is 14.2 Å². The average molecular weight is 282 g/mol. The molecule has 0 aromatic rings. The smallest absolute Gasteiger partial charge is 0.412 e. The van der Waals surface area contributed by atoms with Gasteiger partial charge in [-0.05, 0) is 34.6 Å². The number of carbonyl (C=O) groups excluding carboxylic acids is 1. The number of rotatable bonds is 0. The van der Waals surface area contributed by atoms with Crippen LogP contribution >= 0.6 is 0 Å². The first-order valence-corrected chi connectivity index (χ1v) is 7.06. The highest BCUT2D eigenvalue weighted by Gasteiger charge is 2.60. The first-order chi connectivity index (χ1) is 9.18. The summed E-state index contributed by atoms with van der Waals surface area (Å²) in [4.78, 5) is 18.5. The van der Waals surface area contributed by atoms with Crippen molar-refractivity contribution >= 4 is 12.3 Å². The minimum Gasteiger partial charge on any atom is -0.444 e. The third kappa shape index (κ3) is 2.20. The zero-order valence-electron chi connectivity index (χ0n) is 12.6. The van der Waals surface area contributed by atoms with Gasteiger partial charge in [-0.2, -0.15) is 0 Å². The Morgan fingerprint density at radius 3 is 2.65 bits per heavy atom. The number of fused-ring (bicyclic) bond motifs is 5. The summed E-state index contributed by atoms with van der Waals surface area (Å²) in [5.41, 5.74) is -0.520. The van der Waals surface area contributed by atoms with Gasteiger partial charge in [-0.1, -0.05) is 0 Å². The number of hydrogen-bond acceptors (Lipinski definition) is 5. The fourth-order valence-electron chi connectivity index (χ4n) is 3.10. The second-order valence-electron chi connectivity index (χ2n) is 7.00. The molecule has 2 unspecified atom stereocenters. The number of carbonyl (C=O) groups is 1. The molecule has 112 valence electrons. The summed E-state index contributed by atoms with van der Waals surface area (Å²) < 4.78 is 17.3. The van der Waals surface area contributed by atoms with E-state index in [-0.39, 0.29) is 30.5 Å². The van der Waals surface area contributed by atoms with Crippen LogP contribution in [0.3, 0.4) is 0 Å². The van der Waals surface area contributed by atoms with Crippen molar-refractivity contribution in [1.82, 2.24) is 4.90 Å². The molecule has 3 heterocycles. The monoisotopic (exact) mass is 282 g/mol. The summed E-state index contributed by atoms with van der Waals surface area (Å²) in [5.74, 6) is -0.612. The lowest BCUT2D eigenvalue weighted by atomic mass is 10.1. The quantitative estimate of drug-likeness (QED) is 0.681.